The molecule has 8 aromatic carbocycles. The van der Waals surface area contributed by atoms with Crippen LogP contribution < -0.4 is 0 Å². The Kier molecular flexibility index (Phi) is 6.27. The van der Waals surface area contributed by atoms with Gasteiger partial charge in [-0.25, -0.2) is 9.97 Å². The second-order valence-electron chi connectivity index (χ2n) is 13.1. The summed E-state index contributed by atoms with van der Waals surface area (Å²) in [7, 11) is 0. The van der Waals surface area contributed by atoms with E-state index in [2.05, 4.69) is 181 Å². The molecule has 10 rings (SSSR count). The predicted molar refractivity (Wildman–Crippen MR) is 209 cm³/mol. The lowest BCUT2D eigenvalue weighted by Crippen LogP contribution is -2.01. The van der Waals surface area contributed by atoms with Gasteiger partial charge in [0, 0.05) is 10.8 Å². The van der Waals surface area contributed by atoms with Crippen LogP contribution in [0.15, 0.2) is 158 Å². The first kappa shape index (κ1) is 28.5. The van der Waals surface area contributed by atoms with Crippen LogP contribution in [0.3, 0.4) is 0 Å². The van der Waals surface area contributed by atoms with Crippen LogP contribution >= 0.6 is 0 Å². The van der Waals surface area contributed by atoms with E-state index in [9.17, 15) is 0 Å². The molecule has 0 radical (unpaired) electrons. The third-order valence-electron chi connectivity index (χ3n) is 10.2. The fourth-order valence-corrected chi connectivity index (χ4v) is 8.02. The molecule has 50 heavy (non-hydrogen) atoms. The molecule has 0 amide bonds. The first-order valence-corrected chi connectivity index (χ1v) is 17.1. The van der Waals surface area contributed by atoms with Crippen molar-refractivity contribution in [1.29, 1.82) is 0 Å². The smallest absolute Gasteiger partial charge is 0.111 e. The van der Waals surface area contributed by atoms with Crippen LogP contribution in [0.1, 0.15) is 11.6 Å². The molecule has 0 saturated heterocycles. The summed E-state index contributed by atoms with van der Waals surface area (Å²) in [6.07, 6.45) is 0. The molecule has 236 valence electrons. The van der Waals surface area contributed by atoms with Gasteiger partial charge in [-0.2, -0.15) is 0 Å². The summed E-state index contributed by atoms with van der Waals surface area (Å²) in [6.45, 7) is 4.20. The highest BCUT2D eigenvalue weighted by molar-refractivity contribution is 6.19. The SMILES string of the molecule is Cc1nc2ccccc2n1-c1cccc2c(-c3cc4ccccc4cc3-c3ccccc3)c3cccc(-n4c(C)nc5ccccc54)c3cc12. The predicted octanol–water partition coefficient (Wildman–Crippen LogP) is 11.8. The number of benzene rings is 8. The molecule has 4 heteroatoms. The first-order chi connectivity index (χ1) is 24.6. The third kappa shape index (κ3) is 4.25. The van der Waals surface area contributed by atoms with Crippen LogP contribution in [0.2, 0.25) is 0 Å². The minimum absolute atomic E-state index is 0.959. The second kappa shape index (κ2) is 11.0. The molecular formula is C46H32N4. The summed E-state index contributed by atoms with van der Waals surface area (Å²) in [5, 5.41) is 7.17. The maximum absolute atomic E-state index is 4.98. The number of nitrogens with zero attached hydrogens (tertiary/aromatic N) is 4. The van der Waals surface area contributed by atoms with E-state index in [4.69, 9.17) is 9.97 Å². The molecule has 2 heterocycles. The Labute approximate surface area is 289 Å². The molecule has 0 atom stereocenters. The number of hydrogen-bond acceptors (Lipinski definition) is 2. The van der Waals surface area contributed by atoms with E-state index in [1.165, 1.54) is 54.6 Å². The zero-order valence-corrected chi connectivity index (χ0v) is 27.8. The maximum Gasteiger partial charge on any atom is 0.111 e. The fourth-order valence-electron chi connectivity index (χ4n) is 8.02. The van der Waals surface area contributed by atoms with E-state index in [0.29, 0.717) is 0 Å². The van der Waals surface area contributed by atoms with Gasteiger partial charge in [0.1, 0.15) is 11.6 Å². The minimum Gasteiger partial charge on any atom is -0.296 e. The number of aromatic nitrogens is 4. The lowest BCUT2D eigenvalue weighted by molar-refractivity contribution is 1.01. The lowest BCUT2D eigenvalue weighted by atomic mass is 9.85. The van der Waals surface area contributed by atoms with Crippen molar-refractivity contribution in [2.75, 3.05) is 0 Å². The summed E-state index contributed by atoms with van der Waals surface area (Å²) >= 11 is 0. The Balaban J connectivity index is 1.41. The molecular weight excluding hydrogens is 609 g/mol. The molecule has 10 aromatic rings. The Hall–Kier alpha value is -6.52. The van der Waals surface area contributed by atoms with Crippen LogP contribution in [0.25, 0.3) is 88.0 Å². The van der Waals surface area contributed by atoms with Crippen LogP contribution in [0.4, 0.5) is 0 Å². The van der Waals surface area contributed by atoms with Gasteiger partial charge in [-0.1, -0.05) is 103 Å². The van der Waals surface area contributed by atoms with Gasteiger partial charge in [-0.3, -0.25) is 9.13 Å². The molecule has 0 bridgehead atoms. The number of imidazole rings is 2. The van der Waals surface area contributed by atoms with Crippen molar-refractivity contribution in [2.45, 2.75) is 13.8 Å². The largest absolute Gasteiger partial charge is 0.296 e. The van der Waals surface area contributed by atoms with E-state index in [-0.39, 0.29) is 0 Å². The molecule has 0 unspecified atom stereocenters. The monoisotopic (exact) mass is 640 g/mol. The van der Waals surface area contributed by atoms with Gasteiger partial charge in [0.25, 0.3) is 0 Å². The Morgan fingerprint density at radius 3 is 1.44 bits per heavy atom. The second-order valence-corrected chi connectivity index (χ2v) is 13.1. The van der Waals surface area contributed by atoms with E-state index in [0.717, 1.165) is 45.1 Å². The summed E-state index contributed by atoms with van der Waals surface area (Å²) in [4.78, 5) is 9.96. The zero-order valence-electron chi connectivity index (χ0n) is 27.8. The Morgan fingerprint density at radius 1 is 0.400 bits per heavy atom. The van der Waals surface area contributed by atoms with Crippen molar-refractivity contribution in [1.82, 2.24) is 19.1 Å². The molecule has 0 spiro atoms. The summed E-state index contributed by atoms with van der Waals surface area (Å²) in [5.41, 5.74) is 11.2. The average molecular weight is 641 g/mol. The molecule has 0 aliphatic rings. The van der Waals surface area contributed by atoms with E-state index < -0.39 is 0 Å². The van der Waals surface area contributed by atoms with Gasteiger partial charge in [0.2, 0.25) is 0 Å². The third-order valence-corrected chi connectivity index (χ3v) is 10.2. The molecule has 0 aliphatic heterocycles. The maximum atomic E-state index is 4.98. The Bertz CT molecular complexity index is 2810. The highest BCUT2D eigenvalue weighted by Crippen LogP contribution is 2.46. The van der Waals surface area contributed by atoms with E-state index in [1.54, 1.807) is 0 Å². The average Bonchev–Trinajstić information content (AvgIpc) is 3.68. The van der Waals surface area contributed by atoms with Crippen LogP contribution in [0.5, 0.6) is 0 Å². The fraction of sp³-hybridized carbons (Fsp3) is 0.0435. The van der Waals surface area contributed by atoms with Crippen LogP contribution in [-0.2, 0) is 0 Å². The summed E-state index contributed by atoms with van der Waals surface area (Å²) in [6, 6.07) is 56.9. The van der Waals surface area contributed by atoms with Gasteiger partial charge in [-0.05, 0) is 112 Å². The van der Waals surface area contributed by atoms with Crippen molar-refractivity contribution in [3.63, 3.8) is 0 Å². The van der Waals surface area contributed by atoms with Crippen molar-refractivity contribution in [3.8, 4) is 33.6 Å². The first-order valence-electron chi connectivity index (χ1n) is 17.1. The summed E-state index contributed by atoms with van der Waals surface area (Å²) < 4.78 is 4.62. The normalized spacial score (nSPS) is 11.8. The molecule has 0 saturated carbocycles. The van der Waals surface area contributed by atoms with Gasteiger partial charge < -0.3 is 0 Å². The van der Waals surface area contributed by atoms with Gasteiger partial charge in [-0.15, -0.1) is 0 Å². The number of aryl methyl sites for hydroxylation is 2. The molecule has 0 N–H and O–H groups in total. The highest BCUT2D eigenvalue weighted by atomic mass is 15.1. The van der Waals surface area contributed by atoms with Gasteiger partial charge in [0.05, 0.1) is 33.4 Å². The molecule has 0 aliphatic carbocycles. The van der Waals surface area contributed by atoms with Crippen molar-refractivity contribution >= 4 is 54.4 Å². The minimum atomic E-state index is 0.959. The quantitative estimate of drug-likeness (QED) is 0.179. The standard InChI is InChI=1S/C46H32N4/c1-29-47-40-20-8-10-22-44(40)49(29)42-24-12-18-34-37(42)28-38-35(19-13-25-43(38)50-30(2)48-41-21-9-11-23-45(41)50)46(34)39-27-33-17-7-6-16-32(33)26-36(39)31-14-4-3-5-15-31/h3-28H,1-2H3. The van der Waals surface area contributed by atoms with Gasteiger partial charge >= 0.3 is 0 Å². The Morgan fingerprint density at radius 2 is 0.880 bits per heavy atom. The van der Waals surface area contributed by atoms with Crippen molar-refractivity contribution < 1.29 is 0 Å². The van der Waals surface area contributed by atoms with Crippen molar-refractivity contribution in [2.24, 2.45) is 0 Å². The number of hydrogen-bond donors (Lipinski definition) is 0. The highest BCUT2D eigenvalue weighted by Gasteiger charge is 2.21. The van der Waals surface area contributed by atoms with Crippen LogP contribution in [-0.4, -0.2) is 19.1 Å². The topological polar surface area (TPSA) is 35.6 Å². The lowest BCUT2D eigenvalue weighted by Gasteiger charge is -2.21. The van der Waals surface area contributed by atoms with E-state index in [1.807, 2.05) is 0 Å². The zero-order chi connectivity index (χ0) is 33.3. The van der Waals surface area contributed by atoms with Crippen LogP contribution in [0, 0.1) is 13.8 Å². The molecule has 0 fully saturated rings. The molecule has 4 nitrogen and oxygen atoms in total. The number of para-hydroxylation sites is 4. The van der Waals surface area contributed by atoms with Crippen molar-refractivity contribution in [3.05, 3.63) is 169 Å². The number of rotatable bonds is 4. The number of fused-ring (bicyclic) bond motifs is 5. The van der Waals surface area contributed by atoms with E-state index >= 15 is 0 Å². The van der Waals surface area contributed by atoms with Gasteiger partial charge in [0.15, 0.2) is 0 Å². The molecule has 2 aromatic heterocycles. The summed E-state index contributed by atoms with van der Waals surface area (Å²) in [5.74, 6) is 1.92.